The van der Waals surface area contributed by atoms with Crippen LogP contribution in [-0.2, 0) is 4.79 Å². The minimum atomic E-state index is -2.94. The lowest BCUT2D eigenvalue weighted by Gasteiger charge is -2.23. The predicted octanol–water partition coefficient (Wildman–Crippen LogP) is 4.61. The minimum Gasteiger partial charge on any atom is -0.493 e. The fourth-order valence-corrected chi connectivity index (χ4v) is 4.56. The van der Waals surface area contributed by atoms with E-state index in [-0.39, 0.29) is 36.1 Å². The molecule has 2 atom stereocenters. The number of ether oxygens (including phenoxy) is 3. The highest BCUT2D eigenvalue weighted by atomic mass is 19.3. The molecule has 0 bridgehead atoms. The molecule has 1 N–H and O–H groups in total. The summed E-state index contributed by atoms with van der Waals surface area (Å²) in [6, 6.07) is 11.8. The van der Waals surface area contributed by atoms with Crippen molar-refractivity contribution in [2.24, 2.45) is 5.92 Å². The SMILES string of the molecule is CCOc1ccccc1C(=O)NC[C@H]1CC(c2ccc(OC(F)F)c(OCC3CC3)c2)CN1C(C)=O. The highest BCUT2D eigenvalue weighted by Gasteiger charge is 2.35. The van der Waals surface area contributed by atoms with Crippen molar-refractivity contribution in [2.75, 3.05) is 26.3 Å². The van der Waals surface area contributed by atoms with Gasteiger partial charge in [0.25, 0.3) is 5.91 Å². The third-order valence-electron chi connectivity index (χ3n) is 6.58. The van der Waals surface area contributed by atoms with Crippen LogP contribution in [0.4, 0.5) is 8.78 Å². The summed E-state index contributed by atoms with van der Waals surface area (Å²) in [5.74, 6) is 0.870. The van der Waals surface area contributed by atoms with Gasteiger partial charge in [-0.15, -0.1) is 0 Å². The Bertz CT molecular complexity index is 1080. The topological polar surface area (TPSA) is 77.1 Å². The van der Waals surface area contributed by atoms with Crippen LogP contribution in [0, 0.1) is 5.92 Å². The molecule has 194 valence electrons. The first-order chi connectivity index (χ1) is 17.4. The molecular weight excluding hydrogens is 470 g/mol. The van der Waals surface area contributed by atoms with Gasteiger partial charge in [0.05, 0.1) is 18.8 Å². The number of para-hydroxylation sites is 1. The molecule has 2 fully saturated rings. The van der Waals surface area contributed by atoms with Crippen molar-refractivity contribution in [1.82, 2.24) is 10.2 Å². The number of halogens is 2. The predicted molar refractivity (Wildman–Crippen MR) is 130 cm³/mol. The van der Waals surface area contributed by atoms with Gasteiger partial charge in [-0.25, -0.2) is 0 Å². The summed E-state index contributed by atoms with van der Waals surface area (Å²) in [6.07, 6.45) is 2.76. The molecule has 0 aromatic heterocycles. The van der Waals surface area contributed by atoms with E-state index in [0.29, 0.717) is 49.2 Å². The number of benzene rings is 2. The summed E-state index contributed by atoms with van der Waals surface area (Å²) < 4.78 is 41.8. The Morgan fingerprint density at radius 1 is 1.08 bits per heavy atom. The van der Waals surface area contributed by atoms with E-state index < -0.39 is 6.61 Å². The van der Waals surface area contributed by atoms with Crippen LogP contribution in [0.2, 0.25) is 0 Å². The summed E-state index contributed by atoms with van der Waals surface area (Å²) >= 11 is 0. The minimum absolute atomic E-state index is 0.00704. The maximum absolute atomic E-state index is 12.9. The molecule has 2 aliphatic rings. The molecule has 7 nitrogen and oxygen atoms in total. The smallest absolute Gasteiger partial charge is 0.387 e. The Labute approximate surface area is 209 Å². The monoisotopic (exact) mass is 502 g/mol. The number of likely N-dealkylation sites (tertiary alicyclic amines) is 1. The van der Waals surface area contributed by atoms with Crippen LogP contribution < -0.4 is 19.5 Å². The number of hydrogen-bond donors (Lipinski definition) is 1. The molecule has 1 unspecified atom stereocenters. The lowest BCUT2D eigenvalue weighted by atomic mass is 9.96. The van der Waals surface area contributed by atoms with E-state index in [1.165, 1.54) is 13.0 Å². The maximum atomic E-state index is 12.9. The van der Waals surface area contributed by atoms with Gasteiger partial charge in [0.1, 0.15) is 5.75 Å². The molecule has 1 aliphatic carbocycles. The molecule has 9 heteroatoms. The van der Waals surface area contributed by atoms with Crippen molar-refractivity contribution in [2.45, 2.75) is 51.7 Å². The van der Waals surface area contributed by atoms with Gasteiger partial charge < -0.3 is 24.4 Å². The number of carbonyl (C=O) groups excluding carboxylic acids is 2. The van der Waals surface area contributed by atoms with Crippen LogP contribution in [0.15, 0.2) is 42.5 Å². The zero-order valence-electron chi connectivity index (χ0n) is 20.5. The maximum Gasteiger partial charge on any atom is 0.387 e. The Kier molecular flexibility index (Phi) is 8.28. The number of rotatable bonds is 11. The zero-order chi connectivity index (χ0) is 25.7. The number of nitrogens with one attached hydrogen (secondary N) is 1. The molecule has 1 aliphatic heterocycles. The second-order valence-electron chi connectivity index (χ2n) is 9.24. The van der Waals surface area contributed by atoms with Crippen LogP contribution in [-0.4, -0.2) is 55.7 Å². The van der Waals surface area contributed by atoms with E-state index in [0.717, 1.165) is 18.4 Å². The summed E-state index contributed by atoms with van der Waals surface area (Å²) in [6.45, 7) is 2.07. The quantitative estimate of drug-likeness (QED) is 0.486. The Balaban J connectivity index is 1.46. The van der Waals surface area contributed by atoms with Gasteiger partial charge in [0.15, 0.2) is 11.5 Å². The molecule has 2 aromatic rings. The molecule has 2 amide bonds. The van der Waals surface area contributed by atoms with Crippen molar-refractivity contribution < 1.29 is 32.6 Å². The number of carbonyl (C=O) groups is 2. The van der Waals surface area contributed by atoms with Gasteiger partial charge in [0, 0.05) is 32.0 Å². The average molecular weight is 503 g/mol. The molecule has 1 saturated carbocycles. The van der Waals surface area contributed by atoms with Crippen molar-refractivity contribution in [3.8, 4) is 17.2 Å². The number of nitrogens with zero attached hydrogens (tertiary/aromatic N) is 1. The fourth-order valence-electron chi connectivity index (χ4n) is 4.56. The van der Waals surface area contributed by atoms with Gasteiger partial charge in [-0.1, -0.05) is 18.2 Å². The molecule has 0 radical (unpaired) electrons. The summed E-state index contributed by atoms with van der Waals surface area (Å²) in [4.78, 5) is 27.0. The highest BCUT2D eigenvalue weighted by Crippen LogP contribution is 2.38. The van der Waals surface area contributed by atoms with Crippen molar-refractivity contribution in [3.05, 3.63) is 53.6 Å². The lowest BCUT2D eigenvalue weighted by molar-refractivity contribution is -0.129. The molecule has 1 saturated heterocycles. The first-order valence-corrected chi connectivity index (χ1v) is 12.3. The van der Waals surface area contributed by atoms with Crippen molar-refractivity contribution in [3.63, 3.8) is 0 Å². The molecule has 4 rings (SSSR count). The van der Waals surface area contributed by atoms with Crippen LogP contribution >= 0.6 is 0 Å². The van der Waals surface area contributed by atoms with Gasteiger partial charge in [-0.3, -0.25) is 9.59 Å². The van der Waals surface area contributed by atoms with E-state index in [9.17, 15) is 18.4 Å². The summed E-state index contributed by atoms with van der Waals surface area (Å²) in [5, 5.41) is 2.94. The third-order valence-corrected chi connectivity index (χ3v) is 6.58. The molecule has 2 aromatic carbocycles. The lowest BCUT2D eigenvalue weighted by Crippen LogP contribution is -2.42. The van der Waals surface area contributed by atoms with Gasteiger partial charge in [-0.05, 0) is 61.9 Å². The molecule has 36 heavy (non-hydrogen) atoms. The number of amides is 2. The van der Waals surface area contributed by atoms with Gasteiger partial charge >= 0.3 is 6.61 Å². The fraction of sp³-hybridized carbons (Fsp3) is 0.481. The first-order valence-electron chi connectivity index (χ1n) is 12.3. The van der Waals surface area contributed by atoms with Crippen LogP contribution in [0.25, 0.3) is 0 Å². The summed E-state index contributed by atoms with van der Waals surface area (Å²) in [5.41, 5.74) is 1.32. The largest absolute Gasteiger partial charge is 0.493 e. The number of hydrogen-bond acceptors (Lipinski definition) is 5. The highest BCUT2D eigenvalue weighted by molar-refractivity contribution is 5.97. The molecular formula is C27H32F2N2O5. The Hall–Kier alpha value is -3.36. The van der Waals surface area contributed by atoms with Crippen LogP contribution in [0.5, 0.6) is 17.2 Å². The van der Waals surface area contributed by atoms with Crippen LogP contribution in [0.3, 0.4) is 0 Å². The van der Waals surface area contributed by atoms with E-state index in [1.807, 2.05) is 6.92 Å². The van der Waals surface area contributed by atoms with Crippen molar-refractivity contribution in [1.29, 1.82) is 0 Å². The number of alkyl halides is 2. The standard InChI is InChI=1S/C27H32F2N2O5/c1-3-34-23-7-5-4-6-22(23)26(33)30-14-21-12-20(15-31(21)17(2)32)19-10-11-24(36-27(28)29)25(13-19)35-16-18-8-9-18/h4-7,10-11,13,18,20-21,27H,3,8-9,12,14-16H2,1-2H3,(H,30,33)/t20?,21-/m1/s1. The normalized spacial score (nSPS) is 19.3. The Morgan fingerprint density at radius 3 is 2.56 bits per heavy atom. The van der Waals surface area contributed by atoms with Crippen LogP contribution in [0.1, 0.15) is 54.9 Å². The van der Waals surface area contributed by atoms with E-state index >= 15 is 0 Å². The summed E-state index contributed by atoms with van der Waals surface area (Å²) in [7, 11) is 0. The van der Waals surface area contributed by atoms with E-state index in [2.05, 4.69) is 10.1 Å². The molecule has 1 heterocycles. The van der Waals surface area contributed by atoms with Gasteiger partial charge in [0.2, 0.25) is 5.91 Å². The van der Waals surface area contributed by atoms with E-state index in [4.69, 9.17) is 9.47 Å². The second-order valence-corrected chi connectivity index (χ2v) is 9.24. The third kappa shape index (κ3) is 6.44. The van der Waals surface area contributed by atoms with Crippen molar-refractivity contribution >= 4 is 11.8 Å². The second kappa shape index (κ2) is 11.6. The van der Waals surface area contributed by atoms with E-state index in [1.54, 1.807) is 41.3 Å². The first kappa shape index (κ1) is 25.7. The molecule has 0 spiro atoms. The van der Waals surface area contributed by atoms with Gasteiger partial charge in [-0.2, -0.15) is 8.78 Å². The Morgan fingerprint density at radius 2 is 1.86 bits per heavy atom. The average Bonchev–Trinajstić information content (AvgIpc) is 3.58. The zero-order valence-corrected chi connectivity index (χ0v) is 20.5.